The summed E-state index contributed by atoms with van der Waals surface area (Å²) in [6.45, 7) is 3.58. The number of carboxylic acids is 1. The lowest BCUT2D eigenvalue weighted by Crippen LogP contribution is -2.03. The van der Waals surface area contributed by atoms with E-state index < -0.39 is 11.8 Å². The molecule has 2 aromatic carbocycles. The first-order valence-electron chi connectivity index (χ1n) is 6.49. The number of carbonyl (C=O) groups is 1. The Balaban J connectivity index is 2.28. The van der Waals surface area contributed by atoms with E-state index in [2.05, 4.69) is 6.58 Å². The fourth-order valence-corrected chi connectivity index (χ4v) is 1.89. The highest BCUT2D eigenvalue weighted by Crippen LogP contribution is 2.34. The Morgan fingerprint density at radius 3 is 2.55 bits per heavy atom. The van der Waals surface area contributed by atoms with Crippen LogP contribution in [0.25, 0.3) is 5.57 Å². The van der Waals surface area contributed by atoms with Gasteiger partial charge in [-0.05, 0) is 23.3 Å². The molecular weight excluding hydrogens is 287 g/mol. The maximum atomic E-state index is 14.2. The van der Waals surface area contributed by atoms with Gasteiger partial charge < -0.3 is 14.6 Å². The molecule has 0 spiro atoms. The molecule has 0 heterocycles. The molecule has 0 aliphatic heterocycles. The van der Waals surface area contributed by atoms with E-state index in [0.717, 1.165) is 11.6 Å². The van der Waals surface area contributed by atoms with E-state index in [4.69, 9.17) is 14.6 Å². The Morgan fingerprint density at radius 1 is 1.27 bits per heavy atom. The van der Waals surface area contributed by atoms with Gasteiger partial charge in [0.15, 0.2) is 17.3 Å². The van der Waals surface area contributed by atoms with Crippen LogP contribution in [0.3, 0.4) is 0 Å². The summed E-state index contributed by atoms with van der Waals surface area (Å²) in [5, 5.41) is 8.92. The molecule has 2 aromatic rings. The Kier molecular flexibility index (Phi) is 4.78. The fourth-order valence-electron chi connectivity index (χ4n) is 1.89. The van der Waals surface area contributed by atoms with Crippen molar-refractivity contribution in [2.45, 2.75) is 6.61 Å². The van der Waals surface area contributed by atoms with Gasteiger partial charge in [0, 0.05) is 0 Å². The summed E-state index contributed by atoms with van der Waals surface area (Å²) < 4.78 is 24.7. The van der Waals surface area contributed by atoms with Gasteiger partial charge in [0.05, 0.1) is 12.7 Å². The smallest absolute Gasteiger partial charge is 0.335 e. The van der Waals surface area contributed by atoms with Crippen molar-refractivity contribution in [3.63, 3.8) is 0 Å². The van der Waals surface area contributed by atoms with Crippen LogP contribution >= 0.6 is 0 Å². The largest absolute Gasteiger partial charge is 0.493 e. The van der Waals surface area contributed by atoms with Gasteiger partial charge in [-0.25, -0.2) is 9.18 Å². The van der Waals surface area contributed by atoms with E-state index in [1.165, 1.54) is 13.2 Å². The second-order valence-electron chi connectivity index (χ2n) is 4.55. The fraction of sp³-hybridized carbons (Fsp3) is 0.118. The van der Waals surface area contributed by atoms with E-state index in [1.54, 1.807) is 0 Å². The van der Waals surface area contributed by atoms with Crippen molar-refractivity contribution in [1.29, 1.82) is 0 Å². The van der Waals surface area contributed by atoms with E-state index in [0.29, 0.717) is 0 Å². The standard InChI is InChI=1S/C17H15FO4/c1-11(17(19)20)13-8-14(18)16(15(9-13)21-2)22-10-12-6-4-3-5-7-12/h3-9H,1,10H2,2H3,(H,19,20). The van der Waals surface area contributed by atoms with Crippen LogP contribution in [-0.2, 0) is 11.4 Å². The van der Waals surface area contributed by atoms with Crippen molar-refractivity contribution < 1.29 is 23.8 Å². The minimum Gasteiger partial charge on any atom is -0.493 e. The van der Waals surface area contributed by atoms with Crippen LogP contribution in [0.15, 0.2) is 49.0 Å². The van der Waals surface area contributed by atoms with Crippen LogP contribution in [0.4, 0.5) is 4.39 Å². The van der Waals surface area contributed by atoms with Gasteiger partial charge in [0.1, 0.15) is 6.61 Å². The average molecular weight is 302 g/mol. The van der Waals surface area contributed by atoms with Crippen LogP contribution in [0.5, 0.6) is 11.5 Å². The Morgan fingerprint density at radius 2 is 1.95 bits per heavy atom. The second kappa shape index (κ2) is 6.76. The first kappa shape index (κ1) is 15.6. The van der Waals surface area contributed by atoms with Crippen molar-refractivity contribution >= 4 is 11.5 Å². The topological polar surface area (TPSA) is 55.8 Å². The summed E-state index contributed by atoms with van der Waals surface area (Å²) >= 11 is 0. The lowest BCUT2D eigenvalue weighted by Gasteiger charge is -2.13. The average Bonchev–Trinajstić information content (AvgIpc) is 2.53. The second-order valence-corrected chi connectivity index (χ2v) is 4.55. The summed E-state index contributed by atoms with van der Waals surface area (Å²) in [5.41, 5.74) is 0.795. The molecule has 0 radical (unpaired) electrons. The summed E-state index contributed by atoms with van der Waals surface area (Å²) in [5.74, 6) is -1.87. The molecule has 1 N–H and O–H groups in total. The normalized spacial score (nSPS) is 10.1. The predicted molar refractivity (Wildman–Crippen MR) is 80.4 cm³/mol. The van der Waals surface area contributed by atoms with Gasteiger partial charge in [0.2, 0.25) is 0 Å². The minimum absolute atomic E-state index is 0.0618. The quantitative estimate of drug-likeness (QED) is 0.830. The number of ether oxygens (including phenoxy) is 2. The molecule has 4 nitrogen and oxygen atoms in total. The lowest BCUT2D eigenvalue weighted by molar-refractivity contribution is -0.130. The maximum absolute atomic E-state index is 14.2. The Hall–Kier alpha value is -2.82. The van der Waals surface area contributed by atoms with E-state index in [9.17, 15) is 9.18 Å². The first-order valence-corrected chi connectivity index (χ1v) is 6.49. The van der Waals surface area contributed by atoms with Gasteiger partial charge in [-0.3, -0.25) is 0 Å². The first-order chi connectivity index (χ1) is 10.5. The third kappa shape index (κ3) is 3.44. The molecule has 5 heteroatoms. The number of rotatable bonds is 6. The Labute approximate surface area is 127 Å². The number of halogens is 1. The van der Waals surface area contributed by atoms with Crippen LogP contribution in [0.2, 0.25) is 0 Å². The summed E-state index contributed by atoms with van der Waals surface area (Å²) in [7, 11) is 1.36. The molecule has 114 valence electrons. The summed E-state index contributed by atoms with van der Waals surface area (Å²) in [4.78, 5) is 10.9. The molecule has 22 heavy (non-hydrogen) atoms. The summed E-state index contributed by atoms with van der Waals surface area (Å²) in [6.07, 6.45) is 0. The van der Waals surface area contributed by atoms with Crippen molar-refractivity contribution in [1.82, 2.24) is 0 Å². The number of hydrogen-bond acceptors (Lipinski definition) is 3. The number of hydrogen-bond donors (Lipinski definition) is 1. The molecule has 0 fully saturated rings. The third-order valence-corrected chi connectivity index (χ3v) is 3.06. The summed E-state index contributed by atoms with van der Waals surface area (Å²) in [6, 6.07) is 11.7. The van der Waals surface area contributed by atoms with Crippen molar-refractivity contribution in [2.75, 3.05) is 7.11 Å². The molecule has 0 atom stereocenters. The third-order valence-electron chi connectivity index (χ3n) is 3.06. The highest BCUT2D eigenvalue weighted by Gasteiger charge is 2.17. The zero-order chi connectivity index (χ0) is 16.1. The SMILES string of the molecule is C=C(C(=O)O)c1cc(F)c(OCc2ccccc2)c(OC)c1. The molecule has 0 aliphatic carbocycles. The van der Waals surface area contributed by atoms with Gasteiger partial charge in [-0.15, -0.1) is 0 Å². The van der Waals surface area contributed by atoms with Crippen molar-refractivity contribution in [3.8, 4) is 11.5 Å². The van der Waals surface area contributed by atoms with Crippen LogP contribution in [0.1, 0.15) is 11.1 Å². The van der Waals surface area contributed by atoms with Crippen molar-refractivity contribution in [2.24, 2.45) is 0 Å². The molecule has 0 aliphatic rings. The van der Waals surface area contributed by atoms with Crippen LogP contribution in [-0.4, -0.2) is 18.2 Å². The van der Waals surface area contributed by atoms with Gasteiger partial charge in [-0.1, -0.05) is 36.9 Å². The van der Waals surface area contributed by atoms with E-state index in [1.807, 2.05) is 30.3 Å². The lowest BCUT2D eigenvalue weighted by atomic mass is 10.1. The zero-order valence-electron chi connectivity index (χ0n) is 12.0. The number of carboxylic acid groups (broad SMARTS) is 1. The molecule has 0 saturated carbocycles. The minimum atomic E-state index is -1.22. The Bertz CT molecular complexity index is 695. The number of benzene rings is 2. The van der Waals surface area contributed by atoms with Crippen LogP contribution < -0.4 is 9.47 Å². The van der Waals surface area contributed by atoms with E-state index in [-0.39, 0.29) is 29.2 Å². The molecule has 2 rings (SSSR count). The van der Waals surface area contributed by atoms with Gasteiger partial charge in [-0.2, -0.15) is 0 Å². The van der Waals surface area contributed by atoms with Crippen LogP contribution in [0, 0.1) is 5.82 Å². The number of methoxy groups -OCH3 is 1. The van der Waals surface area contributed by atoms with E-state index >= 15 is 0 Å². The molecular formula is C17H15FO4. The predicted octanol–water partition coefficient (Wildman–Crippen LogP) is 3.51. The van der Waals surface area contributed by atoms with Crippen molar-refractivity contribution in [3.05, 3.63) is 66.0 Å². The molecule has 0 amide bonds. The molecule has 0 aromatic heterocycles. The van der Waals surface area contributed by atoms with Gasteiger partial charge in [0.25, 0.3) is 0 Å². The zero-order valence-corrected chi connectivity index (χ0v) is 12.0. The molecule has 0 bridgehead atoms. The maximum Gasteiger partial charge on any atom is 0.335 e. The van der Waals surface area contributed by atoms with Gasteiger partial charge >= 0.3 is 5.97 Å². The monoisotopic (exact) mass is 302 g/mol. The molecule has 0 unspecified atom stereocenters. The number of aliphatic carboxylic acids is 1. The highest BCUT2D eigenvalue weighted by atomic mass is 19.1. The highest BCUT2D eigenvalue weighted by molar-refractivity contribution is 6.14. The molecule has 0 saturated heterocycles.